The number of rotatable bonds is 8. The maximum atomic E-state index is 11.8. The Balaban J connectivity index is 4.34. The fourth-order valence-corrected chi connectivity index (χ4v) is 1.94. The lowest BCUT2D eigenvalue weighted by atomic mass is 9.93. The van der Waals surface area contributed by atoms with Crippen molar-refractivity contribution in [1.82, 2.24) is 5.32 Å². The van der Waals surface area contributed by atoms with Gasteiger partial charge in [0.05, 0.1) is 0 Å². The smallest absolute Gasteiger partial charge is 0.326 e. The monoisotopic (exact) mass is 258 g/mol. The number of hydrogen-bond donors (Lipinski definition) is 3. The Kier molecular flexibility index (Phi) is 7.59. The summed E-state index contributed by atoms with van der Waals surface area (Å²) in [5, 5.41) is 11.5. The van der Waals surface area contributed by atoms with Gasteiger partial charge in [-0.25, -0.2) is 4.79 Å². The number of nitrogens with one attached hydrogen (secondary N) is 1. The molecule has 18 heavy (non-hydrogen) atoms. The van der Waals surface area contributed by atoms with E-state index in [2.05, 4.69) is 19.2 Å². The fraction of sp³-hybridized carbons (Fsp3) is 0.846. The molecule has 5 heteroatoms. The van der Waals surface area contributed by atoms with E-state index in [4.69, 9.17) is 10.8 Å². The lowest BCUT2D eigenvalue weighted by Crippen LogP contribution is -2.45. The SMILES string of the molecule is CC(C)C[C@H](CN)CC(=O)N[C@@H](C(=O)O)C(C)C. The van der Waals surface area contributed by atoms with E-state index in [0.29, 0.717) is 18.9 Å². The Morgan fingerprint density at radius 3 is 2.11 bits per heavy atom. The lowest BCUT2D eigenvalue weighted by molar-refractivity contribution is -0.143. The number of nitrogens with two attached hydrogens (primary N) is 1. The molecule has 0 aliphatic rings. The molecule has 0 bridgehead atoms. The molecule has 0 saturated carbocycles. The molecule has 4 N–H and O–H groups in total. The fourth-order valence-electron chi connectivity index (χ4n) is 1.94. The van der Waals surface area contributed by atoms with E-state index in [1.54, 1.807) is 13.8 Å². The first kappa shape index (κ1) is 16.9. The molecule has 0 aromatic rings. The van der Waals surface area contributed by atoms with Gasteiger partial charge in [0, 0.05) is 6.42 Å². The van der Waals surface area contributed by atoms with Crippen molar-refractivity contribution in [2.75, 3.05) is 6.54 Å². The van der Waals surface area contributed by atoms with Gasteiger partial charge in [0.15, 0.2) is 0 Å². The topological polar surface area (TPSA) is 92.4 Å². The van der Waals surface area contributed by atoms with Gasteiger partial charge in [0.1, 0.15) is 6.04 Å². The van der Waals surface area contributed by atoms with Crippen LogP contribution in [0.4, 0.5) is 0 Å². The predicted octanol–water partition coefficient (Wildman–Crippen LogP) is 1.22. The van der Waals surface area contributed by atoms with E-state index in [9.17, 15) is 9.59 Å². The summed E-state index contributed by atoms with van der Waals surface area (Å²) in [5.41, 5.74) is 5.62. The first-order chi connectivity index (χ1) is 8.27. The van der Waals surface area contributed by atoms with Crippen LogP contribution in [0.15, 0.2) is 0 Å². The molecule has 0 rings (SSSR count). The average molecular weight is 258 g/mol. The average Bonchev–Trinajstić information content (AvgIpc) is 2.23. The van der Waals surface area contributed by atoms with E-state index in [0.717, 1.165) is 6.42 Å². The van der Waals surface area contributed by atoms with Gasteiger partial charge < -0.3 is 16.2 Å². The first-order valence-corrected chi connectivity index (χ1v) is 6.50. The zero-order valence-corrected chi connectivity index (χ0v) is 11.8. The van der Waals surface area contributed by atoms with Crippen LogP contribution in [0.25, 0.3) is 0 Å². The van der Waals surface area contributed by atoms with Gasteiger partial charge in [0.2, 0.25) is 5.91 Å². The standard InChI is InChI=1S/C13H26N2O3/c1-8(2)5-10(7-14)6-11(16)15-12(9(3)4)13(17)18/h8-10,12H,5-7,14H2,1-4H3,(H,15,16)(H,17,18)/t10-,12+/m0/s1. The van der Waals surface area contributed by atoms with Crippen LogP contribution in [0.2, 0.25) is 0 Å². The highest BCUT2D eigenvalue weighted by Crippen LogP contribution is 2.14. The van der Waals surface area contributed by atoms with Gasteiger partial charge in [-0.3, -0.25) is 4.79 Å². The van der Waals surface area contributed by atoms with Crippen LogP contribution in [0.5, 0.6) is 0 Å². The minimum atomic E-state index is -0.994. The lowest BCUT2D eigenvalue weighted by Gasteiger charge is -2.21. The summed E-state index contributed by atoms with van der Waals surface area (Å²) >= 11 is 0. The van der Waals surface area contributed by atoms with Crippen LogP contribution in [0.3, 0.4) is 0 Å². The van der Waals surface area contributed by atoms with Crippen molar-refractivity contribution in [3.8, 4) is 0 Å². The van der Waals surface area contributed by atoms with E-state index in [1.807, 2.05) is 0 Å². The van der Waals surface area contributed by atoms with Crippen molar-refractivity contribution in [2.45, 2.75) is 46.6 Å². The Hall–Kier alpha value is -1.10. The Bertz CT molecular complexity index is 277. The van der Waals surface area contributed by atoms with Crippen molar-refractivity contribution in [3.63, 3.8) is 0 Å². The summed E-state index contributed by atoms with van der Waals surface area (Å²) in [6.07, 6.45) is 1.18. The van der Waals surface area contributed by atoms with E-state index in [-0.39, 0.29) is 17.7 Å². The number of carboxylic acid groups (broad SMARTS) is 1. The molecule has 0 aromatic heterocycles. The van der Waals surface area contributed by atoms with Crippen molar-refractivity contribution >= 4 is 11.9 Å². The maximum Gasteiger partial charge on any atom is 0.326 e. The third-order valence-electron chi connectivity index (χ3n) is 2.86. The van der Waals surface area contributed by atoms with Crippen LogP contribution in [0.1, 0.15) is 40.5 Å². The second kappa shape index (κ2) is 8.08. The highest BCUT2D eigenvalue weighted by Gasteiger charge is 2.24. The van der Waals surface area contributed by atoms with Crippen LogP contribution in [-0.4, -0.2) is 29.6 Å². The predicted molar refractivity (Wildman–Crippen MR) is 71.0 cm³/mol. The number of hydrogen-bond acceptors (Lipinski definition) is 3. The van der Waals surface area contributed by atoms with Crippen molar-refractivity contribution in [1.29, 1.82) is 0 Å². The van der Waals surface area contributed by atoms with Crippen molar-refractivity contribution < 1.29 is 14.7 Å². The number of carbonyl (C=O) groups excluding carboxylic acids is 1. The van der Waals surface area contributed by atoms with E-state index < -0.39 is 12.0 Å². The molecule has 0 aliphatic heterocycles. The van der Waals surface area contributed by atoms with E-state index in [1.165, 1.54) is 0 Å². The summed E-state index contributed by atoms with van der Waals surface area (Å²) in [6.45, 7) is 8.15. The molecule has 5 nitrogen and oxygen atoms in total. The molecule has 0 radical (unpaired) electrons. The second-order valence-electron chi connectivity index (χ2n) is 5.56. The highest BCUT2D eigenvalue weighted by molar-refractivity contribution is 5.83. The molecule has 0 spiro atoms. The number of carbonyl (C=O) groups is 2. The third kappa shape index (κ3) is 6.59. The zero-order valence-electron chi connectivity index (χ0n) is 11.8. The van der Waals surface area contributed by atoms with Crippen molar-refractivity contribution in [3.05, 3.63) is 0 Å². The Morgan fingerprint density at radius 1 is 1.22 bits per heavy atom. The molecule has 106 valence electrons. The number of amides is 1. The summed E-state index contributed by atoms with van der Waals surface area (Å²) in [6, 6.07) is -0.824. The Morgan fingerprint density at radius 2 is 1.78 bits per heavy atom. The zero-order chi connectivity index (χ0) is 14.3. The van der Waals surface area contributed by atoms with Gasteiger partial charge in [-0.1, -0.05) is 27.7 Å². The highest BCUT2D eigenvalue weighted by atomic mass is 16.4. The number of carboxylic acids is 1. The minimum absolute atomic E-state index is 0.117. The van der Waals surface area contributed by atoms with Gasteiger partial charge >= 0.3 is 5.97 Å². The van der Waals surface area contributed by atoms with Gasteiger partial charge in [-0.2, -0.15) is 0 Å². The summed E-state index contributed by atoms with van der Waals surface area (Å²) in [5.74, 6) is -0.759. The molecular formula is C13H26N2O3. The van der Waals surface area contributed by atoms with Crippen LogP contribution in [0, 0.1) is 17.8 Å². The normalized spacial score (nSPS) is 14.6. The van der Waals surface area contributed by atoms with Crippen LogP contribution >= 0.6 is 0 Å². The Labute approximate surface area is 109 Å². The van der Waals surface area contributed by atoms with Gasteiger partial charge in [-0.15, -0.1) is 0 Å². The maximum absolute atomic E-state index is 11.8. The summed E-state index contributed by atoms with van der Waals surface area (Å²) < 4.78 is 0. The molecule has 0 heterocycles. The van der Waals surface area contributed by atoms with Gasteiger partial charge in [0.25, 0.3) is 0 Å². The first-order valence-electron chi connectivity index (χ1n) is 6.50. The summed E-state index contributed by atoms with van der Waals surface area (Å²) in [4.78, 5) is 22.8. The largest absolute Gasteiger partial charge is 0.480 e. The molecule has 0 saturated heterocycles. The summed E-state index contributed by atoms with van der Waals surface area (Å²) in [7, 11) is 0. The van der Waals surface area contributed by atoms with Crippen LogP contribution in [-0.2, 0) is 9.59 Å². The molecule has 0 fully saturated rings. The van der Waals surface area contributed by atoms with Crippen LogP contribution < -0.4 is 11.1 Å². The molecule has 1 amide bonds. The molecule has 2 atom stereocenters. The molecule has 0 aliphatic carbocycles. The minimum Gasteiger partial charge on any atom is -0.480 e. The third-order valence-corrected chi connectivity index (χ3v) is 2.86. The molecular weight excluding hydrogens is 232 g/mol. The van der Waals surface area contributed by atoms with Gasteiger partial charge in [-0.05, 0) is 30.7 Å². The quantitative estimate of drug-likeness (QED) is 0.610. The molecule has 0 aromatic carbocycles. The van der Waals surface area contributed by atoms with Crippen molar-refractivity contribution in [2.24, 2.45) is 23.5 Å². The number of aliphatic carboxylic acids is 1. The molecule has 0 unspecified atom stereocenters. The second-order valence-corrected chi connectivity index (χ2v) is 5.56. The van der Waals surface area contributed by atoms with E-state index >= 15 is 0 Å².